The van der Waals surface area contributed by atoms with Gasteiger partial charge in [-0.1, -0.05) is 6.07 Å². The topological polar surface area (TPSA) is 95.6 Å². The van der Waals surface area contributed by atoms with Crippen LogP contribution in [0.4, 0.5) is 20.4 Å². The van der Waals surface area contributed by atoms with Gasteiger partial charge in [-0.05, 0) is 23.8 Å². The quantitative estimate of drug-likeness (QED) is 0.385. The number of benzene rings is 1. The third-order valence-corrected chi connectivity index (χ3v) is 5.22. The molecule has 0 aliphatic carbocycles. The van der Waals surface area contributed by atoms with E-state index >= 15 is 0 Å². The third-order valence-electron chi connectivity index (χ3n) is 5.22. The van der Waals surface area contributed by atoms with Gasteiger partial charge in [0.15, 0.2) is 0 Å². The van der Waals surface area contributed by atoms with Crippen molar-refractivity contribution >= 4 is 22.5 Å². The Morgan fingerprint density at radius 2 is 1.85 bits per heavy atom. The maximum absolute atomic E-state index is 12.7. The number of nitrogens with zero attached hydrogens (tertiary/aromatic N) is 7. The third kappa shape index (κ3) is 4.27. The van der Waals surface area contributed by atoms with Crippen LogP contribution in [0.25, 0.3) is 33.3 Å². The van der Waals surface area contributed by atoms with Crippen LogP contribution >= 0.6 is 0 Å². The largest absolute Gasteiger partial charge is 0.495 e. The Hall–Kier alpha value is -4.41. The van der Waals surface area contributed by atoms with Gasteiger partial charge in [0.25, 0.3) is 6.43 Å². The maximum Gasteiger partial charge on any atom is 0.257 e. The Morgan fingerprint density at radius 3 is 2.62 bits per heavy atom. The predicted molar refractivity (Wildman–Crippen MR) is 123 cm³/mol. The molecule has 4 aromatic heterocycles. The number of aromatic nitrogens is 7. The van der Waals surface area contributed by atoms with Crippen molar-refractivity contribution in [3.8, 4) is 28.1 Å². The van der Waals surface area contributed by atoms with Gasteiger partial charge >= 0.3 is 0 Å². The molecule has 5 aromatic rings. The Labute approximate surface area is 193 Å². The van der Waals surface area contributed by atoms with Crippen molar-refractivity contribution in [1.82, 2.24) is 34.5 Å². The number of halogens is 2. The highest BCUT2D eigenvalue weighted by molar-refractivity contribution is 5.91. The molecule has 9 nitrogen and oxygen atoms in total. The van der Waals surface area contributed by atoms with Crippen LogP contribution in [-0.4, -0.2) is 48.0 Å². The van der Waals surface area contributed by atoms with Crippen LogP contribution in [0.1, 0.15) is 0 Å². The number of methoxy groups -OCH3 is 1. The lowest BCUT2D eigenvalue weighted by Crippen LogP contribution is -2.06. The minimum Gasteiger partial charge on any atom is -0.495 e. The summed E-state index contributed by atoms with van der Waals surface area (Å²) in [4.78, 5) is 13.4. The Kier molecular flexibility index (Phi) is 5.58. The number of hydrogen-bond donors (Lipinski definition) is 1. The SMILES string of the molecule is COc1cc(-c2cnn(C)c2)ccc1Nc1ncc2ccnc(-c3cnn(CC(F)F)c3)c2n1. The molecule has 0 atom stereocenters. The Morgan fingerprint density at radius 1 is 1.00 bits per heavy atom. The summed E-state index contributed by atoms with van der Waals surface area (Å²) in [5.41, 5.74) is 4.31. The maximum atomic E-state index is 12.7. The zero-order chi connectivity index (χ0) is 23.7. The van der Waals surface area contributed by atoms with Crippen LogP contribution < -0.4 is 10.1 Å². The predicted octanol–water partition coefficient (Wildman–Crippen LogP) is 4.31. The highest BCUT2D eigenvalue weighted by Gasteiger charge is 2.14. The van der Waals surface area contributed by atoms with Gasteiger partial charge in [0.2, 0.25) is 5.95 Å². The molecule has 172 valence electrons. The molecule has 0 unspecified atom stereocenters. The van der Waals surface area contributed by atoms with Crippen molar-refractivity contribution in [2.45, 2.75) is 13.0 Å². The van der Waals surface area contributed by atoms with Crippen molar-refractivity contribution in [3.63, 3.8) is 0 Å². The van der Waals surface area contributed by atoms with Crippen molar-refractivity contribution in [2.24, 2.45) is 7.05 Å². The van der Waals surface area contributed by atoms with E-state index in [-0.39, 0.29) is 0 Å². The molecule has 34 heavy (non-hydrogen) atoms. The van der Waals surface area contributed by atoms with Crippen molar-refractivity contribution in [3.05, 3.63) is 61.4 Å². The van der Waals surface area contributed by atoms with E-state index in [1.165, 1.54) is 17.1 Å². The fourth-order valence-electron chi connectivity index (χ4n) is 3.62. The zero-order valence-corrected chi connectivity index (χ0v) is 18.4. The standard InChI is InChI=1S/C23H20F2N8O/c1-32-11-16(9-28-32)14-3-4-18(19(7-14)34-2)30-23-27-8-15-5-6-26-21(22(15)31-23)17-10-29-33(12-17)13-20(24)25/h3-12,20H,13H2,1-2H3,(H,27,30,31). The lowest BCUT2D eigenvalue weighted by atomic mass is 10.1. The minimum absolute atomic E-state index is 0.342. The minimum atomic E-state index is -2.49. The summed E-state index contributed by atoms with van der Waals surface area (Å²) < 4.78 is 33.9. The second kappa shape index (κ2) is 8.85. The molecule has 0 saturated heterocycles. The van der Waals surface area contributed by atoms with E-state index in [0.717, 1.165) is 16.5 Å². The van der Waals surface area contributed by atoms with Gasteiger partial charge in [0.05, 0.1) is 30.9 Å². The molecule has 0 radical (unpaired) electrons. The molecule has 1 aromatic carbocycles. The van der Waals surface area contributed by atoms with E-state index < -0.39 is 13.0 Å². The number of rotatable bonds is 7. The van der Waals surface area contributed by atoms with Gasteiger partial charge in [0.1, 0.15) is 17.8 Å². The molecule has 0 bridgehead atoms. The monoisotopic (exact) mass is 462 g/mol. The van der Waals surface area contributed by atoms with E-state index in [1.54, 1.807) is 36.4 Å². The fraction of sp³-hybridized carbons (Fsp3) is 0.174. The second-order valence-corrected chi connectivity index (χ2v) is 7.58. The lowest BCUT2D eigenvalue weighted by molar-refractivity contribution is 0.122. The van der Waals surface area contributed by atoms with E-state index in [2.05, 4.69) is 30.5 Å². The first-order chi connectivity index (χ1) is 16.5. The van der Waals surface area contributed by atoms with Gasteiger partial charge in [-0.15, -0.1) is 0 Å². The number of nitrogens with one attached hydrogen (secondary N) is 1. The number of ether oxygens (including phenoxy) is 1. The van der Waals surface area contributed by atoms with Gasteiger partial charge in [-0.25, -0.2) is 18.7 Å². The molecular formula is C23H20F2N8O. The van der Waals surface area contributed by atoms with E-state index in [0.29, 0.717) is 34.2 Å². The second-order valence-electron chi connectivity index (χ2n) is 7.58. The Bertz CT molecular complexity index is 1460. The molecule has 0 aliphatic rings. The van der Waals surface area contributed by atoms with Crippen LogP contribution in [0.15, 0.2) is 61.4 Å². The van der Waals surface area contributed by atoms with Gasteiger partial charge in [0, 0.05) is 48.3 Å². The number of aryl methyl sites for hydroxylation is 1. The van der Waals surface area contributed by atoms with Crippen LogP contribution in [0, 0.1) is 0 Å². The molecule has 5 rings (SSSR count). The first-order valence-corrected chi connectivity index (χ1v) is 10.4. The summed E-state index contributed by atoms with van der Waals surface area (Å²) in [7, 11) is 3.45. The van der Waals surface area contributed by atoms with Crippen molar-refractivity contribution < 1.29 is 13.5 Å². The Balaban J connectivity index is 1.48. The van der Waals surface area contributed by atoms with Crippen LogP contribution in [0.5, 0.6) is 5.75 Å². The molecule has 0 spiro atoms. The molecule has 1 N–H and O–H groups in total. The number of pyridine rings is 1. The smallest absolute Gasteiger partial charge is 0.257 e. The van der Waals surface area contributed by atoms with Crippen LogP contribution in [-0.2, 0) is 13.6 Å². The van der Waals surface area contributed by atoms with E-state index in [9.17, 15) is 8.78 Å². The summed E-state index contributed by atoms with van der Waals surface area (Å²) in [6.45, 7) is -0.485. The number of anilines is 2. The number of alkyl halides is 2. The average Bonchev–Trinajstić information content (AvgIpc) is 3.47. The first kappa shape index (κ1) is 21.4. The fourth-order valence-corrected chi connectivity index (χ4v) is 3.62. The normalized spacial score (nSPS) is 11.3. The highest BCUT2D eigenvalue weighted by atomic mass is 19.3. The molecule has 4 heterocycles. The molecular weight excluding hydrogens is 442 g/mol. The zero-order valence-electron chi connectivity index (χ0n) is 18.4. The van der Waals surface area contributed by atoms with Gasteiger partial charge in [-0.3, -0.25) is 14.3 Å². The average molecular weight is 462 g/mol. The van der Waals surface area contributed by atoms with Crippen LogP contribution in [0.2, 0.25) is 0 Å². The number of fused-ring (bicyclic) bond motifs is 1. The summed E-state index contributed by atoms with van der Waals surface area (Å²) in [5, 5.41) is 12.2. The van der Waals surface area contributed by atoms with Gasteiger partial charge < -0.3 is 10.1 Å². The van der Waals surface area contributed by atoms with Crippen molar-refractivity contribution in [1.29, 1.82) is 0 Å². The van der Waals surface area contributed by atoms with Crippen LogP contribution in [0.3, 0.4) is 0 Å². The molecule has 0 fully saturated rings. The van der Waals surface area contributed by atoms with E-state index in [1.807, 2.05) is 31.4 Å². The summed E-state index contributed by atoms with van der Waals surface area (Å²) in [6.07, 6.45) is 7.54. The number of hydrogen-bond acceptors (Lipinski definition) is 7. The molecule has 11 heteroatoms. The molecule has 0 amide bonds. The van der Waals surface area contributed by atoms with Gasteiger partial charge in [-0.2, -0.15) is 10.2 Å². The summed E-state index contributed by atoms with van der Waals surface area (Å²) in [5.74, 6) is 0.957. The first-order valence-electron chi connectivity index (χ1n) is 10.4. The highest BCUT2D eigenvalue weighted by Crippen LogP contribution is 2.33. The lowest BCUT2D eigenvalue weighted by Gasteiger charge is -2.12. The summed E-state index contributed by atoms with van der Waals surface area (Å²) in [6, 6.07) is 7.53. The van der Waals surface area contributed by atoms with E-state index in [4.69, 9.17) is 4.74 Å². The van der Waals surface area contributed by atoms with Crippen molar-refractivity contribution in [2.75, 3.05) is 12.4 Å². The molecule has 0 aliphatic heterocycles. The molecule has 0 saturated carbocycles. The summed E-state index contributed by atoms with van der Waals surface area (Å²) >= 11 is 0.